The summed E-state index contributed by atoms with van der Waals surface area (Å²) in [7, 11) is 1.63. The zero-order valence-electron chi connectivity index (χ0n) is 21.0. The first kappa shape index (κ1) is 26.0. The molecule has 3 aromatic rings. The van der Waals surface area contributed by atoms with E-state index in [-0.39, 0.29) is 18.0 Å². The van der Waals surface area contributed by atoms with Gasteiger partial charge in [0.05, 0.1) is 29.8 Å². The number of anilines is 1. The van der Waals surface area contributed by atoms with Crippen LogP contribution in [0.3, 0.4) is 0 Å². The summed E-state index contributed by atoms with van der Waals surface area (Å²) in [4.78, 5) is 33.9. The Balaban J connectivity index is 1.69. The largest absolute Gasteiger partial charge is 0.496 e. The third-order valence-electron chi connectivity index (χ3n) is 6.04. The van der Waals surface area contributed by atoms with Crippen LogP contribution in [-0.2, 0) is 11.3 Å². The van der Waals surface area contributed by atoms with Crippen LogP contribution in [0, 0.1) is 0 Å². The third-order valence-corrected chi connectivity index (χ3v) is 7.05. The summed E-state index contributed by atoms with van der Waals surface area (Å²) in [6.45, 7) is 6.26. The van der Waals surface area contributed by atoms with E-state index in [1.807, 2.05) is 54.6 Å². The van der Waals surface area contributed by atoms with Crippen LogP contribution in [0.15, 0.2) is 82.7 Å². The molecule has 0 bridgehead atoms. The van der Waals surface area contributed by atoms with Gasteiger partial charge in [-0.3, -0.25) is 9.69 Å². The maximum atomic E-state index is 13.6. The van der Waals surface area contributed by atoms with Crippen LogP contribution in [0.5, 0.6) is 5.75 Å². The van der Waals surface area contributed by atoms with Gasteiger partial charge in [-0.2, -0.15) is 0 Å². The number of benzene rings is 3. The van der Waals surface area contributed by atoms with E-state index in [1.54, 1.807) is 36.3 Å². The van der Waals surface area contributed by atoms with Crippen LogP contribution >= 0.6 is 11.8 Å². The molecule has 1 aliphatic heterocycles. The molecule has 4 rings (SSSR count). The highest BCUT2D eigenvalue weighted by Gasteiger charge is 2.33. The Labute approximate surface area is 221 Å². The maximum absolute atomic E-state index is 13.6. The minimum absolute atomic E-state index is 0.170. The van der Waals surface area contributed by atoms with Crippen molar-refractivity contribution < 1.29 is 19.4 Å². The summed E-state index contributed by atoms with van der Waals surface area (Å²) in [5, 5.41) is 9.75. The first-order valence-corrected chi connectivity index (χ1v) is 12.9. The van der Waals surface area contributed by atoms with Crippen molar-refractivity contribution in [3.8, 4) is 5.75 Å². The fourth-order valence-electron chi connectivity index (χ4n) is 4.02. The van der Waals surface area contributed by atoms with E-state index in [0.717, 1.165) is 35.6 Å². The number of amidine groups is 1. The van der Waals surface area contributed by atoms with Gasteiger partial charge < -0.3 is 14.7 Å². The van der Waals surface area contributed by atoms with Crippen molar-refractivity contribution >= 4 is 46.3 Å². The van der Waals surface area contributed by atoms with Crippen LogP contribution in [0.25, 0.3) is 6.08 Å². The second-order valence-corrected chi connectivity index (χ2v) is 9.34. The number of ether oxygens (including phenoxy) is 1. The molecule has 7 nitrogen and oxygen atoms in total. The molecule has 190 valence electrons. The molecule has 1 saturated heterocycles. The number of amides is 1. The van der Waals surface area contributed by atoms with E-state index in [4.69, 9.17) is 9.73 Å². The zero-order valence-corrected chi connectivity index (χ0v) is 21.9. The number of aromatic carboxylic acids is 1. The van der Waals surface area contributed by atoms with E-state index in [9.17, 15) is 14.7 Å². The summed E-state index contributed by atoms with van der Waals surface area (Å²) < 4.78 is 5.66. The molecule has 1 fully saturated rings. The Kier molecular flexibility index (Phi) is 8.30. The topological polar surface area (TPSA) is 82.4 Å². The smallest absolute Gasteiger partial charge is 0.335 e. The molecule has 1 amide bonds. The molecule has 37 heavy (non-hydrogen) atoms. The SMILES string of the molecule is CCN(CC)c1ccc(/C=C2\SC(=Nc3ccccc3)N(Cc3ccc(C(=O)O)cc3)C2=O)c(OC)c1. The molecule has 1 N–H and O–H groups in total. The lowest BCUT2D eigenvalue weighted by Gasteiger charge is -2.22. The number of nitrogens with zero attached hydrogens (tertiary/aromatic N) is 3. The van der Waals surface area contributed by atoms with Gasteiger partial charge in [-0.05, 0) is 73.6 Å². The number of carboxylic acids is 1. The van der Waals surface area contributed by atoms with Crippen LogP contribution in [-0.4, -0.2) is 47.2 Å². The Morgan fingerprint density at radius 2 is 1.76 bits per heavy atom. The number of carbonyl (C=O) groups is 2. The molecule has 0 spiro atoms. The Bertz CT molecular complexity index is 1330. The van der Waals surface area contributed by atoms with Crippen LogP contribution < -0.4 is 9.64 Å². The number of rotatable bonds is 9. The van der Waals surface area contributed by atoms with Gasteiger partial charge in [-0.1, -0.05) is 30.3 Å². The number of methoxy groups -OCH3 is 1. The molecule has 0 unspecified atom stereocenters. The molecular weight excluding hydrogens is 486 g/mol. The molecular formula is C29H29N3O4S. The third kappa shape index (κ3) is 6.03. The van der Waals surface area contributed by atoms with Crippen molar-refractivity contribution in [1.82, 2.24) is 4.90 Å². The summed E-state index contributed by atoms with van der Waals surface area (Å²) >= 11 is 1.31. The summed E-state index contributed by atoms with van der Waals surface area (Å²) in [6.07, 6.45) is 1.84. The standard InChI is InChI=1S/C29H29N3O4S/c1-4-31(5-2)24-16-15-22(25(18-24)36-3)17-26-27(33)32(19-20-11-13-21(14-12-20)28(34)35)29(37-26)30-23-9-7-6-8-10-23/h6-18H,4-5,19H2,1-3H3,(H,34,35)/b26-17-,30-29?. The van der Waals surface area contributed by atoms with Crippen molar-refractivity contribution in [3.05, 3.63) is 94.4 Å². The van der Waals surface area contributed by atoms with Gasteiger partial charge in [-0.25, -0.2) is 9.79 Å². The number of hydrogen-bond donors (Lipinski definition) is 1. The highest BCUT2D eigenvalue weighted by atomic mass is 32.2. The average molecular weight is 516 g/mol. The quantitative estimate of drug-likeness (QED) is 0.350. The van der Waals surface area contributed by atoms with Gasteiger partial charge in [0.1, 0.15) is 5.75 Å². The predicted octanol–water partition coefficient (Wildman–Crippen LogP) is 6.04. The van der Waals surface area contributed by atoms with E-state index >= 15 is 0 Å². The minimum Gasteiger partial charge on any atom is -0.496 e. The number of carboxylic acid groups (broad SMARTS) is 1. The first-order valence-electron chi connectivity index (χ1n) is 12.0. The fraction of sp³-hybridized carbons (Fsp3) is 0.207. The van der Waals surface area contributed by atoms with Gasteiger partial charge in [-0.15, -0.1) is 0 Å². The van der Waals surface area contributed by atoms with Gasteiger partial charge in [0, 0.05) is 30.4 Å². The number of para-hydroxylation sites is 1. The molecule has 0 saturated carbocycles. The van der Waals surface area contributed by atoms with Crippen LogP contribution in [0.1, 0.15) is 35.3 Å². The molecule has 0 atom stereocenters. The lowest BCUT2D eigenvalue weighted by molar-refractivity contribution is -0.122. The summed E-state index contributed by atoms with van der Waals surface area (Å²) in [5.74, 6) is -0.469. The number of hydrogen-bond acceptors (Lipinski definition) is 6. The Morgan fingerprint density at radius 1 is 1.05 bits per heavy atom. The molecule has 0 aliphatic carbocycles. The second kappa shape index (κ2) is 11.8. The highest BCUT2D eigenvalue weighted by Crippen LogP contribution is 2.37. The van der Waals surface area contributed by atoms with Crippen molar-refractivity contribution in [2.75, 3.05) is 25.1 Å². The number of carbonyl (C=O) groups excluding carboxylic acids is 1. The second-order valence-electron chi connectivity index (χ2n) is 8.33. The monoisotopic (exact) mass is 515 g/mol. The average Bonchev–Trinajstić information content (AvgIpc) is 3.19. The highest BCUT2D eigenvalue weighted by molar-refractivity contribution is 8.18. The predicted molar refractivity (Wildman–Crippen MR) is 150 cm³/mol. The normalized spacial score (nSPS) is 15.4. The molecule has 0 radical (unpaired) electrons. The number of thioether (sulfide) groups is 1. The van der Waals surface area contributed by atoms with E-state index in [1.165, 1.54) is 11.8 Å². The fourth-order valence-corrected chi connectivity index (χ4v) is 5.01. The van der Waals surface area contributed by atoms with Crippen molar-refractivity contribution in [3.63, 3.8) is 0 Å². The summed E-state index contributed by atoms with van der Waals surface area (Å²) in [5.41, 5.74) is 3.62. The van der Waals surface area contributed by atoms with Crippen molar-refractivity contribution in [1.29, 1.82) is 0 Å². The van der Waals surface area contributed by atoms with E-state index in [0.29, 0.717) is 15.8 Å². The van der Waals surface area contributed by atoms with Crippen molar-refractivity contribution in [2.45, 2.75) is 20.4 Å². The van der Waals surface area contributed by atoms with Gasteiger partial charge in [0.25, 0.3) is 5.91 Å². The van der Waals surface area contributed by atoms with Gasteiger partial charge in [0.2, 0.25) is 0 Å². The van der Waals surface area contributed by atoms with Crippen LogP contribution in [0.2, 0.25) is 0 Å². The molecule has 1 aliphatic rings. The van der Waals surface area contributed by atoms with Crippen molar-refractivity contribution in [2.24, 2.45) is 4.99 Å². The molecule has 0 aromatic heterocycles. The summed E-state index contributed by atoms with van der Waals surface area (Å²) in [6, 6.07) is 22.0. The minimum atomic E-state index is -0.989. The van der Waals surface area contributed by atoms with E-state index in [2.05, 4.69) is 18.7 Å². The molecule has 1 heterocycles. The Morgan fingerprint density at radius 3 is 2.38 bits per heavy atom. The maximum Gasteiger partial charge on any atom is 0.335 e. The molecule has 3 aromatic carbocycles. The van der Waals surface area contributed by atoms with E-state index < -0.39 is 5.97 Å². The number of aliphatic imine (C=N–C) groups is 1. The van der Waals surface area contributed by atoms with Gasteiger partial charge >= 0.3 is 5.97 Å². The first-order chi connectivity index (χ1) is 17.9. The lowest BCUT2D eigenvalue weighted by atomic mass is 10.1. The lowest BCUT2D eigenvalue weighted by Crippen LogP contribution is -2.28. The zero-order chi connectivity index (χ0) is 26.4. The van der Waals surface area contributed by atoms with Crippen LogP contribution in [0.4, 0.5) is 11.4 Å². The molecule has 8 heteroatoms. The Hall–Kier alpha value is -4.04. The van der Waals surface area contributed by atoms with Gasteiger partial charge in [0.15, 0.2) is 5.17 Å².